The van der Waals surface area contributed by atoms with Gasteiger partial charge in [-0.3, -0.25) is 4.57 Å². The number of benzene rings is 4. The first-order valence-corrected chi connectivity index (χ1v) is 18.1. The van der Waals surface area contributed by atoms with Crippen molar-refractivity contribution in [1.82, 2.24) is 19.3 Å². The van der Waals surface area contributed by atoms with Gasteiger partial charge in [0, 0.05) is 40.4 Å². The first-order valence-electron chi connectivity index (χ1n) is 18.1. The predicted octanol–water partition coefficient (Wildman–Crippen LogP) is 12.2. The van der Waals surface area contributed by atoms with E-state index in [2.05, 4.69) is 149 Å². The van der Waals surface area contributed by atoms with Crippen molar-refractivity contribution in [2.45, 2.75) is 80.1 Å². The summed E-state index contributed by atoms with van der Waals surface area (Å²) in [5, 5.41) is 7.46. The fraction of sp³-hybridized carbons (Fsp3) is 0.289. The summed E-state index contributed by atoms with van der Waals surface area (Å²) in [6.07, 6.45) is 6.74. The second kappa shape index (κ2) is 14.0. The van der Waals surface area contributed by atoms with Gasteiger partial charge in [-0.25, -0.2) is 9.67 Å². The Morgan fingerprint density at radius 3 is 2.30 bits per heavy atom. The largest absolute Gasteiger partial charge is 0.457 e. The van der Waals surface area contributed by atoms with Gasteiger partial charge in [0.2, 0.25) is 0 Å². The highest BCUT2D eigenvalue weighted by Crippen LogP contribution is 2.37. The highest BCUT2D eigenvalue weighted by molar-refractivity contribution is 6.09. The zero-order chi connectivity index (χ0) is 34.9. The lowest BCUT2D eigenvalue weighted by molar-refractivity contribution is 0.481. The molecule has 7 rings (SSSR count). The molecule has 0 bridgehead atoms. The Kier molecular flexibility index (Phi) is 9.33. The van der Waals surface area contributed by atoms with E-state index in [9.17, 15) is 0 Å². The van der Waals surface area contributed by atoms with E-state index < -0.39 is 0 Å². The molecule has 3 aromatic heterocycles. The predicted molar refractivity (Wildman–Crippen MR) is 208 cm³/mol. The molecule has 254 valence electrons. The number of aryl methyl sites for hydroxylation is 3. The maximum atomic E-state index is 6.75. The van der Waals surface area contributed by atoms with Crippen LogP contribution in [0.15, 0.2) is 103 Å². The molecule has 0 saturated heterocycles. The normalized spacial score (nSPS) is 11.8. The highest BCUT2D eigenvalue weighted by atomic mass is 16.5. The van der Waals surface area contributed by atoms with E-state index in [1.807, 2.05) is 12.3 Å². The molecular weight excluding hydrogens is 613 g/mol. The third-order valence-electron chi connectivity index (χ3n) is 9.84. The summed E-state index contributed by atoms with van der Waals surface area (Å²) in [5.41, 5.74) is 11.5. The van der Waals surface area contributed by atoms with Crippen LogP contribution in [-0.4, -0.2) is 19.3 Å². The number of hydrogen-bond acceptors (Lipinski definition) is 3. The van der Waals surface area contributed by atoms with Crippen LogP contribution < -0.4 is 4.74 Å². The molecule has 0 aliphatic heterocycles. The second-order valence-corrected chi connectivity index (χ2v) is 14.5. The molecule has 0 amide bonds. The van der Waals surface area contributed by atoms with Crippen LogP contribution in [0.25, 0.3) is 44.4 Å². The Hall–Kier alpha value is -5.16. The maximum Gasteiger partial charge on any atom is 0.137 e. The Morgan fingerprint density at radius 1 is 0.720 bits per heavy atom. The van der Waals surface area contributed by atoms with E-state index in [0.717, 1.165) is 57.8 Å². The molecule has 0 fully saturated rings. The van der Waals surface area contributed by atoms with E-state index in [4.69, 9.17) is 14.8 Å². The van der Waals surface area contributed by atoms with Gasteiger partial charge in [-0.2, -0.15) is 5.10 Å². The van der Waals surface area contributed by atoms with Gasteiger partial charge in [0.15, 0.2) is 0 Å². The molecule has 0 aliphatic rings. The fourth-order valence-electron chi connectivity index (χ4n) is 7.21. The zero-order valence-corrected chi connectivity index (χ0v) is 30.5. The van der Waals surface area contributed by atoms with Crippen molar-refractivity contribution in [1.29, 1.82) is 0 Å². The molecule has 3 heterocycles. The standard InChI is InChI=1S/C45H48N4O/c1-29(2)13-11-12-14-34-17-20-42-41(24-34)40-19-18-38(28-43(40)48(42)44-23-31(5)21-22-46-44)50-39-26-36(30(3)4)25-37(27-39)49-33(7)45(32(6)47-49)35-15-9-8-10-16-35/h8-10,15-30H,11-14H2,1-7H3. The lowest BCUT2D eigenvalue weighted by Crippen LogP contribution is -2.02. The Labute approximate surface area is 296 Å². The van der Waals surface area contributed by atoms with Crippen molar-refractivity contribution in [3.05, 3.63) is 131 Å². The number of rotatable bonds is 11. The molecule has 0 atom stereocenters. The summed E-state index contributed by atoms with van der Waals surface area (Å²) >= 11 is 0. The van der Waals surface area contributed by atoms with Crippen molar-refractivity contribution in [2.75, 3.05) is 0 Å². The molecule has 7 aromatic rings. The fourth-order valence-corrected chi connectivity index (χ4v) is 7.21. The molecule has 0 spiro atoms. The Bertz CT molecular complexity index is 2290. The SMILES string of the molecule is Cc1ccnc(-n2c3ccc(CCCCC(C)C)cc3c3ccc(Oc4cc(C(C)C)cc(-n5nc(C)c(-c6ccccc6)c5C)c4)cc32)c1. The molecule has 0 N–H and O–H groups in total. The monoisotopic (exact) mass is 660 g/mol. The maximum absolute atomic E-state index is 6.75. The van der Waals surface area contributed by atoms with Crippen LogP contribution in [0.1, 0.15) is 81.0 Å². The first-order chi connectivity index (χ1) is 24.2. The average molecular weight is 661 g/mol. The molecule has 0 radical (unpaired) electrons. The number of pyridine rings is 1. The molecule has 0 unspecified atom stereocenters. The molecular formula is C45H48N4O. The van der Waals surface area contributed by atoms with E-state index >= 15 is 0 Å². The van der Waals surface area contributed by atoms with E-state index in [1.165, 1.54) is 57.9 Å². The van der Waals surface area contributed by atoms with Crippen LogP contribution in [0.5, 0.6) is 11.5 Å². The van der Waals surface area contributed by atoms with Gasteiger partial charge < -0.3 is 4.74 Å². The third-order valence-corrected chi connectivity index (χ3v) is 9.84. The number of hydrogen-bond donors (Lipinski definition) is 0. The smallest absolute Gasteiger partial charge is 0.137 e. The molecule has 0 aliphatic carbocycles. The van der Waals surface area contributed by atoms with Crippen LogP contribution in [0.3, 0.4) is 0 Å². The topological polar surface area (TPSA) is 44.9 Å². The van der Waals surface area contributed by atoms with Gasteiger partial charge in [-0.05, 0) is 116 Å². The van der Waals surface area contributed by atoms with Gasteiger partial charge >= 0.3 is 0 Å². The number of nitrogens with zero attached hydrogens (tertiary/aromatic N) is 4. The van der Waals surface area contributed by atoms with Crippen molar-refractivity contribution >= 4 is 21.8 Å². The number of unbranched alkanes of at least 4 members (excludes halogenated alkanes) is 1. The van der Waals surface area contributed by atoms with Crippen LogP contribution >= 0.6 is 0 Å². The summed E-state index contributed by atoms with van der Waals surface area (Å²) in [6.45, 7) is 15.4. The third kappa shape index (κ3) is 6.69. The average Bonchev–Trinajstić information content (AvgIpc) is 3.58. The molecule has 0 saturated carbocycles. The minimum atomic E-state index is 0.319. The summed E-state index contributed by atoms with van der Waals surface area (Å²) in [5.74, 6) is 3.56. The summed E-state index contributed by atoms with van der Waals surface area (Å²) in [6, 6.07) is 34.6. The van der Waals surface area contributed by atoms with Gasteiger partial charge in [0.1, 0.15) is 17.3 Å². The summed E-state index contributed by atoms with van der Waals surface area (Å²) in [4.78, 5) is 4.82. The minimum Gasteiger partial charge on any atom is -0.457 e. The van der Waals surface area contributed by atoms with Gasteiger partial charge in [-0.15, -0.1) is 0 Å². The van der Waals surface area contributed by atoms with Crippen molar-refractivity contribution in [3.8, 4) is 34.1 Å². The number of aromatic nitrogens is 4. The Morgan fingerprint density at radius 2 is 1.54 bits per heavy atom. The molecule has 50 heavy (non-hydrogen) atoms. The molecule has 5 nitrogen and oxygen atoms in total. The highest BCUT2D eigenvalue weighted by Gasteiger charge is 2.18. The van der Waals surface area contributed by atoms with Crippen LogP contribution in [0, 0.1) is 26.7 Å². The first kappa shape index (κ1) is 33.3. The number of fused-ring (bicyclic) bond motifs is 3. The molecule has 5 heteroatoms. The van der Waals surface area contributed by atoms with Gasteiger partial charge in [0.25, 0.3) is 0 Å². The van der Waals surface area contributed by atoms with Crippen molar-refractivity contribution in [3.63, 3.8) is 0 Å². The van der Waals surface area contributed by atoms with Crippen molar-refractivity contribution < 1.29 is 4.74 Å². The second-order valence-electron chi connectivity index (χ2n) is 14.5. The van der Waals surface area contributed by atoms with Crippen LogP contribution in [0.2, 0.25) is 0 Å². The van der Waals surface area contributed by atoms with E-state index in [0.29, 0.717) is 5.92 Å². The lowest BCUT2D eigenvalue weighted by atomic mass is 10.0. The summed E-state index contributed by atoms with van der Waals surface area (Å²) < 4.78 is 11.1. The van der Waals surface area contributed by atoms with Crippen LogP contribution in [0.4, 0.5) is 0 Å². The van der Waals surface area contributed by atoms with E-state index in [-0.39, 0.29) is 0 Å². The van der Waals surface area contributed by atoms with Crippen LogP contribution in [-0.2, 0) is 6.42 Å². The van der Waals surface area contributed by atoms with E-state index in [1.54, 1.807) is 0 Å². The van der Waals surface area contributed by atoms with Crippen molar-refractivity contribution in [2.24, 2.45) is 5.92 Å². The van der Waals surface area contributed by atoms with Gasteiger partial charge in [-0.1, -0.05) is 76.9 Å². The quantitative estimate of drug-likeness (QED) is 0.130. The zero-order valence-electron chi connectivity index (χ0n) is 30.5. The molecule has 4 aromatic carbocycles. The Balaban J connectivity index is 1.29. The summed E-state index contributed by atoms with van der Waals surface area (Å²) in [7, 11) is 0. The van der Waals surface area contributed by atoms with Gasteiger partial charge in [0.05, 0.1) is 22.4 Å². The number of ether oxygens (including phenoxy) is 1. The minimum absolute atomic E-state index is 0.319. The lowest BCUT2D eigenvalue weighted by Gasteiger charge is -2.15.